The third-order valence-electron chi connectivity index (χ3n) is 6.92. The predicted molar refractivity (Wildman–Crippen MR) is 130 cm³/mol. The summed E-state index contributed by atoms with van der Waals surface area (Å²) in [5, 5.41) is 9.50. The van der Waals surface area contributed by atoms with Gasteiger partial charge in [-0.15, -0.1) is 0 Å². The Morgan fingerprint density at radius 2 is 1.69 bits per heavy atom. The van der Waals surface area contributed by atoms with Crippen molar-refractivity contribution < 1.29 is 23.5 Å². The van der Waals surface area contributed by atoms with Crippen LogP contribution in [0.1, 0.15) is 33.7 Å². The van der Waals surface area contributed by atoms with Gasteiger partial charge in [0, 0.05) is 18.7 Å². The molecule has 36 heavy (non-hydrogen) atoms. The van der Waals surface area contributed by atoms with Crippen LogP contribution in [0.4, 0.5) is 10.1 Å². The summed E-state index contributed by atoms with van der Waals surface area (Å²) >= 11 is 0. The highest BCUT2D eigenvalue weighted by Crippen LogP contribution is 2.52. The zero-order chi connectivity index (χ0) is 25.0. The van der Waals surface area contributed by atoms with Crippen LogP contribution in [0.15, 0.2) is 82.0 Å². The van der Waals surface area contributed by atoms with E-state index in [-0.39, 0.29) is 48.4 Å². The summed E-state index contributed by atoms with van der Waals surface area (Å²) in [6.07, 6.45) is 0.192. The highest BCUT2D eigenvalue weighted by atomic mass is 19.1. The molecule has 0 bridgehead atoms. The van der Waals surface area contributed by atoms with Gasteiger partial charge in [0.2, 0.25) is 5.76 Å². The van der Waals surface area contributed by atoms with Crippen molar-refractivity contribution in [2.75, 3.05) is 18.1 Å². The van der Waals surface area contributed by atoms with Gasteiger partial charge in [0.15, 0.2) is 11.0 Å². The van der Waals surface area contributed by atoms with Gasteiger partial charge in [-0.2, -0.15) is 0 Å². The monoisotopic (exact) mass is 484 g/mol. The second-order valence-corrected chi connectivity index (χ2v) is 8.91. The van der Waals surface area contributed by atoms with Crippen molar-refractivity contribution in [3.05, 3.63) is 111 Å². The number of amides is 2. The van der Waals surface area contributed by atoms with Crippen LogP contribution in [0.25, 0.3) is 11.0 Å². The standard InChI is InChI=1S/C28H21FN2O5/c29-18-11-12-22-19(15-18)24(33)23-25(36-22)26(34)31(13-6-14-32)28(23)20-9-4-5-10-21(20)30(27(28)35)16-17-7-2-1-3-8-17/h1-5,7-12,15,32H,6,13-14,16H2. The number of halogens is 1. The second kappa shape index (κ2) is 8.13. The molecule has 1 N–H and O–H groups in total. The van der Waals surface area contributed by atoms with E-state index in [0.717, 1.165) is 17.7 Å². The van der Waals surface area contributed by atoms with E-state index in [2.05, 4.69) is 0 Å². The zero-order valence-electron chi connectivity index (χ0n) is 19.1. The minimum atomic E-state index is -1.78. The zero-order valence-corrected chi connectivity index (χ0v) is 19.1. The van der Waals surface area contributed by atoms with Gasteiger partial charge >= 0.3 is 0 Å². The maximum atomic E-state index is 14.4. The van der Waals surface area contributed by atoms with Gasteiger partial charge in [0.1, 0.15) is 11.4 Å². The van der Waals surface area contributed by atoms with Gasteiger partial charge in [-0.05, 0) is 36.2 Å². The van der Waals surface area contributed by atoms with Gasteiger partial charge in [-0.25, -0.2) is 4.39 Å². The highest BCUT2D eigenvalue weighted by Gasteiger charge is 2.64. The summed E-state index contributed by atoms with van der Waals surface area (Å²) in [4.78, 5) is 44.9. The summed E-state index contributed by atoms with van der Waals surface area (Å²) in [5.41, 5.74) is -0.552. The molecule has 6 rings (SSSR count). The average Bonchev–Trinajstić information content (AvgIpc) is 3.28. The van der Waals surface area contributed by atoms with E-state index in [1.807, 2.05) is 30.3 Å². The molecule has 2 aliphatic rings. The molecule has 1 aromatic heterocycles. The van der Waals surface area contributed by atoms with E-state index >= 15 is 0 Å². The fourth-order valence-electron chi connectivity index (χ4n) is 5.41. The first-order chi connectivity index (χ1) is 17.5. The van der Waals surface area contributed by atoms with Crippen LogP contribution in [0.3, 0.4) is 0 Å². The molecule has 0 aliphatic carbocycles. The third-order valence-corrected chi connectivity index (χ3v) is 6.92. The van der Waals surface area contributed by atoms with Gasteiger partial charge in [-0.1, -0.05) is 48.5 Å². The van der Waals surface area contributed by atoms with Crippen LogP contribution in [0.5, 0.6) is 0 Å². The highest BCUT2D eigenvalue weighted by molar-refractivity contribution is 6.17. The van der Waals surface area contributed by atoms with E-state index in [1.54, 1.807) is 29.2 Å². The Labute approximate surface area is 205 Å². The van der Waals surface area contributed by atoms with Gasteiger partial charge in [0.25, 0.3) is 11.8 Å². The molecule has 180 valence electrons. The number of benzene rings is 3. The van der Waals surface area contributed by atoms with E-state index in [9.17, 15) is 23.9 Å². The summed E-state index contributed by atoms with van der Waals surface area (Å²) in [7, 11) is 0. The Morgan fingerprint density at radius 1 is 0.944 bits per heavy atom. The molecule has 2 aliphatic heterocycles. The Balaban J connectivity index is 1.66. The van der Waals surface area contributed by atoms with E-state index in [1.165, 1.54) is 11.0 Å². The Morgan fingerprint density at radius 3 is 2.47 bits per heavy atom. The lowest BCUT2D eigenvalue weighted by Crippen LogP contribution is -2.53. The maximum Gasteiger partial charge on any atom is 0.291 e. The molecular weight excluding hydrogens is 463 g/mol. The SMILES string of the molecule is O=C1c2oc3ccc(F)cc3c(=O)c2C2(C(=O)N(Cc3ccccc3)c3ccccc32)N1CCCO. The molecule has 0 fully saturated rings. The first-order valence-electron chi connectivity index (χ1n) is 11.6. The molecule has 0 saturated heterocycles. The van der Waals surface area contributed by atoms with E-state index in [4.69, 9.17) is 4.42 Å². The van der Waals surface area contributed by atoms with Crippen molar-refractivity contribution in [3.63, 3.8) is 0 Å². The van der Waals surface area contributed by atoms with Crippen molar-refractivity contribution in [1.82, 2.24) is 4.90 Å². The molecule has 1 unspecified atom stereocenters. The Hall–Kier alpha value is -4.30. The van der Waals surface area contributed by atoms with Crippen molar-refractivity contribution in [1.29, 1.82) is 0 Å². The number of fused-ring (bicyclic) bond motifs is 5. The smallest absolute Gasteiger partial charge is 0.291 e. The van der Waals surface area contributed by atoms with Gasteiger partial charge in [0.05, 0.1) is 23.2 Å². The number of carbonyl (C=O) groups excluding carboxylic acids is 2. The number of nitrogens with zero attached hydrogens (tertiary/aromatic N) is 2. The molecule has 2 amide bonds. The number of para-hydroxylation sites is 1. The summed E-state index contributed by atoms with van der Waals surface area (Å²) in [6.45, 7) is 0.0284. The molecule has 7 nitrogen and oxygen atoms in total. The Bertz CT molecular complexity index is 1600. The van der Waals surface area contributed by atoms with Crippen molar-refractivity contribution in [2.24, 2.45) is 0 Å². The number of aliphatic hydroxyl groups is 1. The lowest BCUT2D eigenvalue weighted by molar-refractivity contribution is -0.126. The van der Waals surface area contributed by atoms with Crippen molar-refractivity contribution in [2.45, 2.75) is 18.5 Å². The number of aliphatic hydroxyl groups excluding tert-OH is 1. The summed E-state index contributed by atoms with van der Waals surface area (Å²) in [6, 6.07) is 19.9. The summed E-state index contributed by atoms with van der Waals surface area (Å²) < 4.78 is 20.0. The maximum absolute atomic E-state index is 14.4. The molecule has 3 heterocycles. The van der Waals surface area contributed by atoms with Gasteiger partial charge in [-0.3, -0.25) is 14.4 Å². The van der Waals surface area contributed by atoms with Crippen molar-refractivity contribution in [3.8, 4) is 0 Å². The fourth-order valence-corrected chi connectivity index (χ4v) is 5.41. The Kier molecular flexibility index (Phi) is 5.01. The molecule has 1 atom stereocenters. The largest absolute Gasteiger partial charge is 0.450 e. The molecule has 8 heteroatoms. The molecule has 0 radical (unpaired) electrons. The minimum Gasteiger partial charge on any atom is -0.450 e. The van der Waals surface area contributed by atoms with E-state index in [0.29, 0.717) is 11.3 Å². The number of hydrogen-bond acceptors (Lipinski definition) is 5. The van der Waals surface area contributed by atoms with Crippen LogP contribution in [0, 0.1) is 5.82 Å². The fraction of sp³-hybridized carbons (Fsp3) is 0.179. The van der Waals surface area contributed by atoms with Gasteiger partial charge < -0.3 is 19.3 Å². The molecule has 1 spiro atoms. The number of anilines is 1. The van der Waals surface area contributed by atoms with Crippen LogP contribution < -0.4 is 10.3 Å². The van der Waals surface area contributed by atoms with Crippen molar-refractivity contribution >= 4 is 28.5 Å². The van der Waals surface area contributed by atoms with Crippen LogP contribution in [0.2, 0.25) is 0 Å². The molecular formula is C28H21FN2O5. The first kappa shape index (κ1) is 22.2. The van der Waals surface area contributed by atoms with E-state index < -0.39 is 28.6 Å². The summed E-state index contributed by atoms with van der Waals surface area (Å²) in [5.74, 6) is -1.96. The molecule has 4 aromatic rings. The number of rotatable bonds is 5. The van der Waals surface area contributed by atoms with Crippen LogP contribution >= 0.6 is 0 Å². The quantitative estimate of drug-likeness (QED) is 0.468. The number of carbonyl (C=O) groups is 2. The molecule has 3 aromatic carbocycles. The lowest BCUT2D eigenvalue weighted by Gasteiger charge is -2.34. The first-order valence-corrected chi connectivity index (χ1v) is 11.6. The van der Waals surface area contributed by atoms with Crippen LogP contribution in [-0.2, 0) is 16.9 Å². The van der Waals surface area contributed by atoms with Crippen LogP contribution in [-0.4, -0.2) is 35.0 Å². The molecule has 0 saturated carbocycles. The second-order valence-electron chi connectivity index (χ2n) is 8.91. The predicted octanol–water partition coefficient (Wildman–Crippen LogP) is 3.56. The lowest BCUT2D eigenvalue weighted by atomic mass is 9.84. The number of hydrogen-bond donors (Lipinski definition) is 1. The topological polar surface area (TPSA) is 91.1 Å². The minimum absolute atomic E-state index is 0.0168. The third kappa shape index (κ3) is 2.91. The normalized spacial score (nSPS) is 18.4. The average molecular weight is 484 g/mol.